The topological polar surface area (TPSA) is 55.6 Å². The van der Waals surface area contributed by atoms with Gasteiger partial charge < -0.3 is 5.32 Å². The Labute approximate surface area is 122 Å². The lowest BCUT2D eigenvalue weighted by Crippen LogP contribution is -2.20. The lowest BCUT2D eigenvalue weighted by Gasteiger charge is -2.24. The molecule has 1 atom stereocenters. The zero-order valence-electron chi connectivity index (χ0n) is 11.2. The molecular weight excluding hydrogens is 262 g/mol. The Morgan fingerprint density at radius 2 is 1.95 bits per heavy atom. The van der Waals surface area contributed by atoms with E-state index in [0.29, 0.717) is 0 Å². The minimum absolute atomic E-state index is 0.00680. The van der Waals surface area contributed by atoms with E-state index in [1.165, 1.54) is 0 Å². The van der Waals surface area contributed by atoms with Gasteiger partial charge in [-0.2, -0.15) is 10.1 Å². The fourth-order valence-electron chi connectivity index (χ4n) is 2.51. The summed E-state index contributed by atoms with van der Waals surface area (Å²) in [5.41, 5.74) is 3.24. The average Bonchev–Trinajstić information content (AvgIpc) is 3.04. The first-order valence-electron chi connectivity index (χ1n) is 6.75. The molecule has 1 aliphatic heterocycles. The van der Waals surface area contributed by atoms with Gasteiger partial charge >= 0.3 is 0 Å². The largest absolute Gasteiger partial charge is 0.324 e. The van der Waals surface area contributed by atoms with Crippen LogP contribution in [0.5, 0.6) is 0 Å². The van der Waals surface area contributed by atoms with Crippen molar-refractivity contribution in [2.45, 2.75) is 6.04 Å². The lowest BCUT2D eigenvalue weighted by molar-refractivity contribution is 0.610. The second kappa shape index (κ2) is 4.86. The molecule has 4 rings (SSSR count). The van der Waals surface area contributed by atoms with Crippen molar-refractivity contribution in [3.63, 3.8) is 0 Å². The molecule has 0 saturated heterocycles. The Morgan fingerprint density at radius 3 is 2.76 bits per heavy atom. The van der Waals surface area contributed by atoms with Crippen molar-refractivity contribution in [3.05, 3.63) is 78.4 Å². The Morgan fingerprint density at radius 1 is 1.05 bits per heavy atom. The number of aromatic nitrogens is 4. The van der Waals surface area contributed by atoms with Crippen molar-refractivity contribution in [1.82, 2.24) is 19.7 Å². The van der Waals surface area contributed by atoms with Gasteiger partial charge in [0, 0.05) is 18.1 Å². The van der Waals surface area contributed by atoms with Gasteiger partial charge in [-0.1, -0.05) is 36.4 Å². The first-order valence-corrected chi connectivity index (χ1v) is 6.75. The molecule has 0 spiro atoms. The SMILES string of the molecule is C1=C(c2ccccc2)Nc2ncnn2[C@H]1c1cccnc1. The number of fused-ring (bicyclic) bond motifs is 1. The fraction of sp³-hybridized carbons (Fsp3) is 0.0625. The number of hydrogen-bond donors (Lipinski definition) is 1. The van der Waals surface area contributed by atoms with Crippen molar-refractivity contribution in [3.8, 4) is 0 Å². The third kappa shape index (κ3) is 2.08. The van der Waals surface area contributed by atoms with E-state index in [4.69, 9.17) is 0 Å². The molecule has 0 saturated carbocycles. The predicted molar refractivity (Wildman–Crippen MR) is 80.4 cm³/mol. The molecule has 0 aliphatic carbocycles. The summed E-state index contributed by atoms with van der Waals surface area (Å²) in [7, 11) is 0. The van der Waals surface area contributed by atoms with Crippen LogP contribution in [-0.2, 0) is 0 Å². The summed E-state index contributed by atoms with van der Waals surface area (Å²) in [5, 5.41) is 7.64. The molecule has 0 radical (unpaired) electrons. The van der Waals surface area contributed by atoms with E-state index < -0.39 is 0 Å². The number of nitrogens with zero attached hydrogens (tertiary/aromatic N) is 4. The third-order valence-corrected chi connectivity index (χ3v) is 3.52. The summed E-state index contributed by atoms with van der Waals surface area (Å²) in [6.45, 7) is 0. The van der Waals surface area contributed by atoms with Crippen molar-refractivity contribution in [2.24, 2.45) is 0 Å². The van der Waals surface area contributed by atoms with E-state index in [1.54, 1.807) is 12.5 Å². The van der Waals surface area contributed by atoms with Gasteiger partial charge in [0.2, 0.25) is 5.95 Å². The van der Waals surface area contributed by atoms with Crippen LogP contribution in [0.2, 0.25) is 0 Å². The Bertz CT molecular complexity index is 777. The molecule has 1 aromatic carbocycles. The van der Waals surface area contributed by atoms with Crippen molar-refractivity contribution < 1.29 is 0 Å². The summed E-state index contributed by atoms with van der Waals surface area (Å²) in [5.74, 6) is 0.741. The Hall–Kier alpha value is -2.95. The van der Waals surface area contributed by atoms with E-state index in [-0.39, 0.29) is 6.04 Å². The van der Waals surface area contributed by atoms with Crippen LogP contribution in [0.3, 0.4) is 0 Å². The van der Waals surface area contributed by atoms with Gasteiger partial charge in [0.25, 0.3) is 0 Å². The first kappa shape index (κ1) is 11.8. The molecule has 0 fully saturated rings. The van der Waals surface area contributed by atoms with Crippen LogP contribution in [0.15, 0.2) is 67.3 Å². The third-order valence-electron chi connectivity index (χ3n) is 3.52. The van der Waals surface area contributed by atoms with Crippen LogP contribution < -0.4 is 5.32 Å². The van der Waals surface area contributed by atoms with Crippen LogP contribution in [0.4, 0.5) is 5.95 Å². The van der Waals surface area contributed by atoms with Crippen molar-refractivity contribution in [2.75, 3.05) is 5.32 Å². The highest BCUT2D eigenvalue weighted by atomic mass is 15.4. The maximum atomic E-state index is 4.31. The van der Waals surface area contributed by atoms with Crippen LogP contribution in [-0.4, -0.2) is 19.7 Å². The van der Waals surface area contributed by atoms with Gasteiger partial charge in [-0.25, -0.2) is 4.68 Å². The minimum atomic E-state index is -0.00680. The molecule has 1 N–H and O–H groups in total. The van der Waals surface area contributed by atoms with E-state index in [1.807, 2.05) is 41.2 Å². The quantitative estimate of drug-likeness (QED) is 0.781. The highest BCUT2D eigenvalue weighted by molar-refractivity contribution is 5.76. The van der Waals surface area contributed by atoms with Crippen LogP contribution >= 0.6 is 0 Å². The molecule has 3 heterocycles. The molecule has 21 heavy (non-hydrogen) atoms. The number of allylic oxidation sites excluding steroid dienone is 1. The van der Waals surface area contributed by atoms with Gasteiger partial charge in [0.05, 0.1) is 0 Å². The number of rotatable bonds is 2. The molecule has 5 heteroatoms. The Balaban J connectivity index is 1.83. The first-order chi connectivity index (χ1) is 10.4. The molecule has 0 bridgehead atoms. The van der Waals surface area contributed by atoms with Gasteiger partial charge in [0.15, 0.2) is 0 Å². The van der Waals surface area contributed by atoms with E-state index in [9.17, 15) is 0 Å². The standard InChI is InChI=1S/C16H13N5/c1-2-5-12(6-3-1)14-9-15(13-7-4-8-17-10-13)21-16(20-14)18-11-19-21/h1-11,15H,(H,18,19,20)/t15-/m1/s1. The molecule has 102 valence electrons. The Kier molecular flexibility index (Phi) is 2.74. The molecule has 3 aromatic rings. The highest BCUT2D eigenvalue weighted by Gasteiger charge is 2.23. The molecular formula is C16H13N5. The van der Waals surface area contributed by atoms with Crippen LogP contribution in [0.25, 0.3) is 5.70 Å². The van der Waals surface area contributed by atoms with E-state index in [0.717, 1.165) is 22.8 Å². The smallest absolute Gasteiger partial charge is 0.226 e. The summed E-state index contributed by atoms with van der Waals surface area (Å²) >= 11 is 0. The zero-order chi connectivity index (χ0) is 14.1. The minimum Gasteiger partial charge on any atom is -0.324 e. The van der Waals surface area contributed by atoms with Crippen LogP contribution in [0, 0.1) is 0 Å². The maximum absolute atomic E-state index is 4.31. The second-order valence-electron chi connectivity index (χ2n) is 4.83. The fourth-order valence-corrected chi connectivity index (χ4v) is 2.51. The van der Waals surface area contributed by atoms with Gasteiger partial charge in [-0.15, -0.1) is 0 Å². The predicted octanol–water partition coefficient (Wildman–Crippen LogP) is 2.73. The van der Waals surface area contributed by atoms with Crippen molar-refractivity contribution in [1.29, 1.82) is 0 Å². The van der Waals surface area contributed by atoms with E-state index >= 15 is 0 Å². The summed E-state index contributed by atoms with van der Waals surface area (Å²) < 4.78 is 1.86. The van der Waals surface area contributed by atoms with E-state index in [2.05, 4.69) is 38.6 Å². The molecule has 0 unspecified atom stereocenters. The number of benzene rings is 1. The average molecular weight is 275 g/mol. The van der Waals surface area contributed by atoms with Crippen LogP contribution in [0.1, 0.15) is 17.2 Å². The van der Waals surface area contributed by atoms with Gasteiger partial charge in [-0.05, 0) is 23.3 Å². The number of pyridine rings is 1. The monoisotopic (exact) mass is 275 g/mol. The maximum Gasteiger partial charge on any atom is 0.226 e. The van der Waals surface area contributed by atoms with Gasteiger partial charge in [0.1, 0.15) is 12.4 Å². The molecule has 5 nitrogen and oxygen atoms in total. The number of anilines is 1. The lowest BCUT2D eigenvalue weighted by atomic mass is 10.0. The second-order valence-corrected chi connectivity index (χ2v) is 4.83. The summed E-state index contributed by atoms with van der Waals surface area (Å²) in [6, 6.07) is 14.2. The molecule has 0 amide bonds. The number of nitrogens with one attached hydrogen (secondary N) is 1. The normalized spacial score (nSPS) is 16.8. The molecule has 1 aliphatic rings. The van der Waals surface area contributed by atoms with Crippen molar-refractivity contribution >= 4 is 11.6 Å². The van der Waals surface area contributed by atoms with Gasteiger partial charge in [-0.3, -0.25) is 4.98 Å². The zero-order valence-corrected chi connectivity index (χ0v) is 11.2. The summed E-state index contributed by atoms with van der Waals surface area (Å²) in [6.07, 6.45) is 7.34. The highest BCUT2D eigenvalue weighted by Crippen LogP contribution is 2.31. The number of hydrogen-bond acceptors (Lipinski definition) is 4. The molecule has 2 aromatic heterocycles. The summed E-state index contributed by atoms with van der Waals surface area (Å²) in [4.78, 5) is 8.49.